The summed E-state index contributed by atoms with van der Waals surface area (Å²) >= 11 is 0. The fourth-order valence-corrected chi connectivity index (χ4v) is 2.29. The number of hydrogen-bond acceptors (Lipinski definition) is 1. The van der Waals surface area contributed by atoms with Gasteiger partial charge in [-0.2, -0.15) is 0 Å². The van der Waals surface area contributed by atoms with Crippen LogP contribution in [0.5, 0.6) is 0 Å². The van der Waals surface area contributed by atoms with E-state index in [0.29, 0.717) is 23.7 Å². The van der Waals surface area contributed by atoms with Crippen molar-refractivity contribution in [3.63, 3.8) is 0 Å². The molecule has 3 rings (SSSR count). The Hall–Kier alpha value is -1.81. The summed E-state index contributed by atoms with van der Waals surface area (Å²) in [6, 6.07) is 7.14. The molecule has 110 valence electrons. The Balaban J connectivity index is 1.94. The maximum atomic E-state index is 14.0. The van der Waals surface area contributed by atoms with Crippen LogP contribution in [0.1, 0.15) is 24.0 Å². The van der Waals surface area contributed by atoms with Crippen molar-refractivity contribution in [2.45, 2.75) is 32.4 Å². The highest BCUT2D eigenvalue weighted by atomic mass is 19.1. The molecular formula is C17H16F3N. The standard InChI is InChI=1S/C17H16F3N/c1-10-6-17(20)14(8-16(10)19)11-2-5-15(18)12(7-11)9-21-13-3-4-13/h2,5-8,13,21H,3-4,9H2,1H3. The van der Waals surface area contributed by atoms with E-state index in [1.165, 1.54) is 19.1 Å². The van der Waals surface area contributed by atoms with Gasteiger partial charge in [-0.25, -0.2) is 13.2 Å². The van der Waals surface area contributed by atoms with E-state index < -0.39 is 11.6 Å². The van der Waals surface area contributed by atoms with E-state index >= 15 is 0 Å². The van der Waals surface area contributed by atoms with Crippen molar-refractivity contribution in [3.05, 3.63) is 58.9 Å². The molecule has 0 atom stereocenters. The van der Waals surface area contributed by atoms with E-state index in [4.69, 9.17) is 0 Å². The van der Waals surface area contributed by atoms with Crippen molar-refractivity contribution in [1.29, 1.82) is 0 Å². The molecule has 1 aliphatic rings. The Kier molecular flexibility index (Phi) is 3.72. The maximum Gasteiger partial charge on any atom is 0.131 e. The number of halogens is 3. The third kappa shape index (κ3) is 3.10. The summed E-state index contributed by atoms with van der Waals surface area (Å²) in [4.78, 5) is 0. The molecule has 2 aromatic rings. The first kappa shape index (κ1) is 14.1. The van der Waals surface area contributed by atoms with Crippen LogP contribution in [0.3, 0.4) is 0 Å². The molecule has 1 N–H and O–H groups in total. The molecule has 0 aliphatic heterocycles. The molecular weight excluding hydrogens is 275 g/mol. The van der Waals surface area contributed by atoms with Gasteiger partial charge >= 0.3 is 0 Å². The highest BCUT2D eigenvalue weighted by Crippen LogP contribution is 2.27. The summed E-state index contributed by atoms with van der Waals surface area (Å²) in [5.41, 5.74) is 1.37. The second-order valence-electron chi connectivity index (χ2n) is 5.54. The van der Waals surface area contributed by atoms with Crippen LogP contribution < -0.4 is 5.32 Å². The SMILES string of the molecule is Cc1cc(F)c(-c2ccc(F)c(CNC3CC3)c2)cc1F. The number of hydrogen-bond donors (Lipinski definition) is 1. The van der Waals surface area contributed by atoms with Gasteiger partial charge in [-0.05, 0) is 55.2 Å². The molecule has 0 aromatic heterocycles. The molecule has 0 radical (unpaired) electrons. The smallest absolute Gasteiger partial charge is 0.131 e. The molecule has 1 saturated carbocycles. The zero-order chi connectivity index (χ0) is 15.0. The van der Waals surface area contributed by atoms with Crippen molar-refractivity contribution in [1.82, 2.24) is 5.32 Å². The molecule has 0 spiro atoms. The molecule has 1 nitrogen and oxygen atoms in total. The first-order valence-electron chi connectivity index (χ1n) is 7.02. The number of aryl methyl sites for hydroxylation is 1. The second-order valence-corrected chi connectivity index (χ2v) is 5.54. The van der Waals surface area contributed by atoms with E-state index in [-0.39, 0.29) is 16.9 Å². The average molecular weight is 291 g/mol. The molecule has 21 heavy (non-hydrogen) atoms. The van der Waals surface area contributed by atoms with Crippen LogP contribution in [0, 0.1) is 24.4 Å². The quantitative estimate of drug-likeness (QED) is 0.884. The van der Waals surface area contributed by atoms with Crippen molar-refractivity contribution >= 4 is 0 Å². The minimum atomic E-state index is -0.499. The van der Waals surface area contributed by atoms with E-state index in [1.54, 1.807) is 6.07 Å². The zero-order valence-electron chi connectivity index (χ0n) is 11.7. The normalized spacial score (nSPS) is 14.5. The Morgan fingerprint density at radius 2 is 1.76 bits per heavy atom. The largest absolute Gasteiger partial charge is 0.310 e. The van der Waals surface area contributed by atoms with Crippen LogP contribution in [0.4, 0.5) is 13.2 Å². The van der Waals surface area contributed by atoms with Crippen molar-refractivity contribution in [3.8, 4) is 11.1 Å². The van der Waals surface area contributed by atoms with Crippen molar-refractivity contribution < 1.29 is 13.2 Å². The van der Waals surface area contributed by atoms with Gasteiger partial charge in [0, 0.05) is 23.7 Å². The highest BCUT2D eigenvalue weighted by Gasteiger charge is 2.20. The molecule has 0 amide bonds. The lowest BCUT2D eigenvalue weighted by atomic mass is 10.0. The van der Waals surface area contributed by atoms with E-state index in [9.17, 15) is 13.2 Å². The summed E-state index contributed by atoms with van der Waals surface area (Å²) < 4.78 is 41.4. The summed E-state index contributed by atoms with van der Waals surface area (Å²) in [7, 11) is 0. The Morgan fingerprint density at radius 1 is 1.00 bits per heavy atom. The fraction of sp³-hybridized carbons (Fsp3) is 0.294. The van der Waals surface area contributed by atoms with Gasteiger partial charge in [0.25, 0.3) is 0 Å². The van der Waals surface area contributed by atoms with E-state index in [2.05, 4.69) is 5.32 Å². The topological polar surface area (TPSA) is 12.0 Å². The van der Waals surface area contributed by atoms with E-state index in [0.717, 1.165) is 25.0 Å². The van der Waals surface area contributed by atoms with Gasteiger partial charge in [-0.1, -0.05) is 6.07 Å². The molecule has 0 saturated heterocycles. The van der Waals surface area contributed by atoms with Gasteiger partial charge in [-0.3, -0.25) is 0 Å². The third-order valence-corrected chi connectivity index (χ3v) is 3.76. The second kappa shape index (κ2) is 5.53. The predicted molar refractivity (Wildman–Crippen MR) is 76.4 cm³/mol. The highest BCUT2D eigenvalue weighted by molar-refractivity contribution is 5.65. The van der Waals surface area contributed by atoms with Crippen molar-refractivity contribution in [2.24, 2.45) is 0 Å². The molecule has 2 aromatic carbocycles. The number of benzene rings is 2. The van der Waals surface area contributed by atoms with Crippen LogP contribution in [0.15, 0.2) is 30.3 Å². The number of rotatable bonds is 4. The van der Waals surface area contributed by atoms with Gasteiger partial charge in [0.05, 0.1) is 0 Å². The lowest BCUT2D eigenvalue weighted by Gasteiger charge is -2.10. The first-order valence-corrected chi connectivity index (χ1v) is 7.02. The molecule has 4 heteroatoms. The molecule has 0 bridgehead atoms. The lowest BCUT2D eigenvalue weighted by Crippen LogP contribution is -2.16. The van der Waals surface area contributed by atoms with Gasteiger partial charge in [0.15, 0.2) is 0 Å². The van der Waals surface area contributed by atoms with Crippen LogP contribution in [0.25, 0.3) is 11.1 Å². The van der Waals surface area contributed by atoms with Crippen LogP contribution in [0.2, 0.25) is 0 Å². The van der Waals surface area contributed by atoms with Gasteiger partial charge < -0.3 is 5.32 Å². The molecule has 0 unspecified atom stereocenters. The molecule has 0 heterocycles. The summed E-state index contributed by atoms with van der Waals surface area (Å²) in [6.07, 6.45) is 2.22. The Labute approximate surface area is 121 Å². The fourth-order valence-electron chi connectivity index (χ4n) is 2.29. The van der Waals surface area contributed by atoms with Crippen LogP contribution >= 0.6 is 0 Å². The van der Waals surface area contributed by atoms with Gasteiger partial charge in [0.1, 0.15) is 17.5 Å². The summed E-state index contributed by atoms with van der Waals surface area (Å²) in [5.74, 6) is -1.30. The third-order valence-electron chi connectivity index (χ3n) is 3.76. The van der Waals surface area contributed by atoms with Gasteiger partial charge in [-0.15, -0.1) is 0 Å². The van der Waals surface area contributed by atoms with Crippen LogP contribution in [-0.2, 0) is 6.54 Å². The predicted octanol–water partition coefficient (Wildman–Crippen LogP) is 4.33. The van der Waals surface area contributed by atoms with Crippen LogP contribution in [-0.4, -0.2) is 6.04 Å². The Bertz CT molecular complexity index is 678. The summed E-state index contributed by atoms with van der Waals surface area (Å²) in [5, 5.41) is 3.22. The minimum Gasteiger partial charge on any atom is -0.310 e. The minimum absolute atomic E-state index is 0.158. The molecule has 1 fully saturated rings. The zero-order valence-corrected chi connectivity index (χ0v) is 11.7. The van der Waals surface area contributed by atoms with Crippen molar-refractivity contribution in [2.75, 3.05) is 0 Å². The van der Waals surface area contributed by atoms with E-state index in [1.807, 2.05) is 0 Å². The maximum absolute atomic E-state index is 14.0. The molecule has 1 aliphatic carbocycles. The lowest BCUT2D eigenvalue weighted by molar-refractivity contribution is 0.586. The average Bonchev–Trinajstić information content (AvgIpc) is 3.26. The monoisotopic (exact) mass is 291 g/mol. The van der Waals surface area contributed by atoms with Gasteiger partial charge in [0.2, 0.25) is 0 Å². The number of nitrogens with one attached hydrogen (secondary N) is 1. The first-order chi connectivity index (χ1) is 10.0. The Morgan fingerprint density at radius 3 is 2.48 bits per heavy atom. The summed E-state index contributed by atoms with van der Waals surface area (Å²) in [6.45, 7) is 1.91.